The molecular weight excluding hydrogens is 420 g/mol. The van der Waals surface area contributed by atoms with Gasteiger partial charge in [0.2, 0.25) is 0 Å². The number of phenolic OH excluding ortho intramolecular Hbond substituents is 1. The van der Waals surface area contributed by atoms with Gasteiger partial charge in [0, 0.05) is 23.2 Å². The van der Waals surface area contributed by atoms with Crippen LogP contribution < -0.4 is 20.1 Å². The van der Waals surface area contributed by atoms with E-state index < -0.39 is 0 Å². The van der Waals surface area contributed by atoms with Crippen molar-refractivity contribution in [3.8, 4) is 17.2 Å². The highest BCUT2D eigenvalue weighted by Crippen LogP contribution is 2.28. The van der Waals surface area contributed by atoms with Gasteiger partial charge in [-0.15, -0.1) is 0 Å². The first kappa shape index (κ1) is 23.7. The first-order valence-corrected chi connectivity index (χ1v) is 10.5. The second-order valence-electron chi connectivity index (χ2n) is 8.18. The molecule has 0 aliphatic heterocycles. The van der Waals surface area contributed by atoms with E-state index >= 15 is 0 Å². The van der Waals surface area contributed by atoms with Crippen molar-refractivity contribution in [1.29, 1.82) is 0 Å². The van der Waals surface area contributed by atoms with E-state index in [1.165, 1.54) is 20.3 Å². The number of amides is 2. The summed E-state index contributed by atoms with van der Waals surface area (Å²) < 4.78 is 10.5. The van der Waals surface area contributed by atoms with Crippen LogP contribution in [0.25, 0.3) is 0 Å². The van der Waals surface area contributed by atoms with Gasteiger partial charge in [0.1, 0.15) is 5.75 Å². The minimum Gasteiger partial charge on any atom is -0.507 e. The molecule has 3 N–H and O–H groups in total. The first-order valence-electron chi connectivity index (χ1n) is 10.5. The predicted molar refractivity (Wildman–Crippen MR) is 127 cm³/mol. The van der Waals surface area contributed by atoms with E-state index in [1.807, 2.05) is 38.1 Å². The minimum atomic E-state index is -0.369. The molecule has 0 aliphatic carbocycles. The minimum absolute atomic E-state index is 0.0534. The number of carbonyl (C=O) groups is 2. The maximum atomic E-state index is 12.6. The van der Waals surface area contributed by atoms with E-state index in [-0.39, 0.29) is 28.5 Å². The van der Waals surface area contributed by atoms with Gasteiger partial charge in [-0.2, -0.15) is 0 Å². The third kappa shape index (κ3) is 5.63. The smallest absolute Gasteiger partial charge is 0.255 e. The molecule has 0 saturated heterocycles. The number of ether oxygens (including phenoxy) is 2. The number of methoxy groups -OCH3 is 2. The Morgan fingerprint density at radius 2 is 1.55 bits per heavy atom. The highest BCUT2D eigenvalue weighted by Gasteiger charge is 2.22. The number of anilines is 1. The molecule has 33 heavy (non-hydrogen) atoms. The molecule has 0 heterocycles. The van der Waals surface area contributed by atoms with E-state index in [0.717, 1.165) is 5.56 Å². The molecule has 0 saturated carbocycles. The van der Waals surface area contributed by atoms with Gasteiger partial charge in [-0.25, -0.2) is 0 Å². The molecule has 0 radical (unpaired) electrons. The number of carbonyl (C=O) groups excluding carboxylic acids is 2. The van der Waals surface area contributed by atoms with Crippen molar-refractivity contribution in [2.24, 2.45) is 0 Å². The molecule has 0 fully saturated rings. The van der Waals surface area contributed by atoms with Gasteiger partial charge in [0.25, 0.3) is 11.8 Å². The quantitative estimate of drug-likeness (QED) is 0.476. The maximum Gasteiger partial charge on any atom is 0.255 e. The van der Waals surface area contributed by atoms with E-state index in [0.29, 0.717) is 29.3 Å². The SMILES string of the molecule is COc1ccc(C(=O)Nc2ccc(C(C)(C)CNC(=O)c3ccccc3O)cc2)cc1OC. The van der Waals surface area contributed by atoms with E-state index in [9.17, 15) is 14.7 Å². The molecule has 0 unspecified atom stereocenters. The summed E-state index contributed by atoms with van der Waals surface area (Å²) in [7, 11) is 3.06. The molecule has 0 aromatic heterocycles. The van der Waals surface area contributed by atoms with Crippen LogP contribution in [-0.4, -0.2) is 37.7 Å². The van der Waals surface area contributed by atoms with Crippen LogP contribution in [0.3, 0.4) is 0 Å². The van der Waals surface area contributed by atoms with Gasteiger partial charge in [-0.3, -0.25) is 9.59 Å². The average Bonchev–Trinajstić information content (AvgIpc) is 2.82. The summed E-state index contributed by atoms with van der Waals surface area (Å²) in [6, 6.07) is 18.9. The summed E-state index contributed by atoms with van der Waals surface area (Å²) in [5, 5.41) is 15.6. The summed E-state index contributed by atoms with van der Waals surface area (Å²) >= 11 is 0. The summed E-state index contributed by atoms with van der Waals surface area (Å²) in [4.78, 5) is 25.0. The fraction of sp³-hybridized carbons (Fsp3) is 0.231. The molecule has 2 amide bonds. The molecule has 172 valence electrons. The number of benzene rings is 3. The zero-order chi connectivity index (χ0) is 24.0. The van der Waals surface area contributed by atoms with Gasteiger partial charge < -0.3 is 25.2 Å². The van der Waals surface area contributed by atoms with Crippen LogP contribution in [0.5, 0.6) is 17.2 Å². The Morgan fingerprint density at radius 1 is 0.879 bits per heavy atom. The molecule has 7 heteroatoms. The lowest BCUT2D eigenvalue weighted by Crippen LogP contribution is -2.36. The highest BCUT2D eigenvalue weighted by atomic mass is 16.5. The third-order valence-electron chi connectivity index (χ3n) is 5.41. The van der Waals surface area contributed by atoms with Crippen molar-refractivity contribution >= 4 is 17.5 Å². The fourth-order valence-corrected chi connectivity index (χ4v) is 3.35. The third-order valence-corrected chi connectivity index (χ3v) is 5.41. The van der Waals surface area contributed by atoms with Gasteiger partial charge in [0.05, 0.1) is 19.8 Å². The van der Waals surface area contributed by atoms with E-state index in [4.69, 9.17) is 9.47 Å². The Labute approximate surface area is 193 Å². The fourth-order valence-electron chi connectivity index (χ4n) is 3.35. The number of aromatic hydroxyl groups is 1. The van der Waals surface area contributed by atoms with Crippen molar-refractivity contribution < 1.29 is 24.2 Å². The normalized spacial score (nSPS) is 10.9. The summed E-state index contributed by atoms with van der Waals surface area (Å²) in [5.41, 5.74) is 1.95. The van der Waals surface area contributed by atoms with Crippen LogP contribution in [0, 0.1) is 0 Å². The Hall–Kier alpha value is -4.00. The van der Waals surface area contributed by atoms with E-state index in [1.54, 1.807) is 36.4 Å². The lowest BCUT2D eigenvalue weighted by atomic mass is 9.84. The van der Waals surface area contributed by atoms with Gasteiger partial charge in [-0.05, 0) is 48.0 Å². The maximum absolute atomic E-state index is 12.6. The average molecular weight is 449 g/mol. The lowest BCUT2D eigenvalue weighted by molar-refractivity contribution is 0.0942. The number of para-hydroxylation sites is 1. The van der Waals surface area contributed by atoms with Crippen molar-refractivity contribution in [3.63, 3.8) is 0 Å². The Kier molecular flexibility index (Phi) is 7.23. The van der Waals surface area contributed by atoms with Crippen molar-refractivity contribution in [2.75, 3.05) is 26.1 Å². The lowest BCUT2D eigenvalue weighted by Gasteiger charge is -2.26. The van der Waals surface area contributed by atoms with Gasteiger partial charge >= 0.3 is 0 Å². The summed E-state index contributed by atoms with van der Waals surface area (Å²) in [6.07, 6.45) is 0. The predicted octanol–water partition coefficient (Wildman–Crippen LogP) is 4.37. The molecule has 0 atom stereocenters. The monoisotopic (exact) mass is 448 g/mol. The second-order valence-corrected chi connectivity index (χ2v) is 8.18. The van der Waals surface area contributed by atoms with Crippen LogP contribution >= 0.6 is 0 Å². The zero-order valence-electron chi connectivity index (χ0n) is 19.1. The molecule has 0 aliphatic rings. The number of nitrogens with one attached hydrogen (secondary N) is 2. The Morgan fingerprint density at radius 3 is 2.18 bits per heavy atom. The zero-order valence-corrected chi connectivity index (χ0v) is 19.1. The first-order chi connectivity index (χ1) is 15.7. The molecule has 7 nitrogen and oxygen atoms in total. The Bertz CT molecular complexity index is 1140. The highest BCUT2D eigenvalue weighted by molar-refractivity contribution is 6.04. The van der Waals surface area contributed by atoms with Gasteiger partial charge in [-0.1, -0.05) is 38.1 Å². The van der Waals surface area contributed by atoms with Gasteiger partial charge in [0.15, 0.2) is 11.5 Å². The molecule has 3 rings (SSSR count). The largest absolute Gasteiger partial charge is 0.507 e. The number of hydrogen-bond acceptors (Lipinski definition) is 5. The molecule has 3 aromatic rings. The van der Waals surface area contributed by atoms with Crippen LogP contribution in [0.2, 0.25) is 0 Å². The molecule has 3 aromatic carbocycles. The molecule has 0 bridgehead atoms. The van der Waals surface area contributed by atoms with Crippen molar-refractivity contribution in [3.05, 3.63) is 83.4 Å². The number of hydrogen-bond donors (Lipinski definition) is 3. The summed E-state index contributed by atoms with van der Waals surface area (Å²) in [5.74, 6) is 0.378. The van der Waals surface area contributed by atoms with Crippen LogP contribution in [0.1, 0.15) is 40.1 Å². The van der Waals surface area contributed by atoms with Crippen LogP contribution in [0.4, 0.5) is 5.69 Å². The molecular formula is C26H28N2O5. The van der Waals surface area contributed by atoms with Crippen molar-refractivity contribution in [2.45, 2.75) is 19.3 Å². The molecule has 0 spiro atoms. The standard InChI is InChI=1S/C26H28N2O5/c1-26(2,16-27-25(31)20-7-5-6-8-21(20)29)18-10-12-19(13-11-18)28-24(30)17-9-14-22(32-3)23(15-17)33-4/h5-15,29H,16H2,1-4H3,(H,27,31)(H,28,30). The number of rotatable bonds is 8. The van der Waals surface area contributed by atoms with E-state index in [2.05, 4.69) is 10.6 Å². The topological polar surface area (TPSA) is 96.9 Å². The van der Waals surface area contributed by atoms with Crippen molar-refractivity contribution in [1.82, 2.24) is 5.32 Å². The number of phenols is 1. The summed E-state index contributed by atoms with van der Waals surface area (Å²) in [6.45, 7) is 4.39. The second kappa shape index (κ2) is 10.1. The Balaban J connectivity index is 1.64. The van der Waals surface area contributed by atoms with Crippen LogP contribution in [-0.2, 0) is 5.41 Å². The van der Waals surface area contributed by atoms with Crippen LogP contribution in [0.15, 0.2) is 66.7 Å².